The van der Waals surface area contributed by atoms with Gasteiger partial charge in [0.25, 0.3) is 5.91 Å². The van der Waals surface area contributed by atoms with E-state index in [9.17, 15) is 14.7 Å². The van der Waals surface area contributed by atoms with Crippen molar-refractivity contribution in [3.63, 3.8) is 0 Å². The van der Waals surface area contributed by atoms with E-state index >= 15 is 0 Å². The van der Waals surface area contributed by atoms with Crippen LogP contribution in [-0.4, -0.2) is 58.5 Å². The normalized spacial score (nSPS) is 23.4. The lowest BCUT2D eigenvalue weighted by Gasteiger charge is -2.40. The van der Waals surface area contributed by atoms with E-state index in [2.05, 4.69) is 0 Å². The van der Waals surface area contributed by atoms with Crippen LogP contribution in [-0.2, 0) is 4.79 Å². The zero-order valence-electron chi connectivity index (χ0n) is 14.9. The lowest BCUT2D eigenvalue weighted by molar-refractivity contribution is -0.139. The largest absolute Gasteiger partial charge is 0.393 e. The number of amides is 2. The molecule has 2 saturated heterocycles. The van der Waals surface area contributed by atoms with Gasteiger partial charge in [0, 0.05) is 25.2 Å². The maximum absolute atomic E-state index is 13.0. The highest BCUT2D eigenvalue weighted by Crippen LogP contribution is 2.25. The molecule has 2 unspecified atom stereocenters. The molecule has 0 aromatic heterocycles. The highest BCUT2D eigenvalue weighted by Gasteiger charge is 2.36. The fourth-order valence-corrected chi connectivity index (χ4v) is 3.99. The van der Waals surface area contributed by atoms with Crippen molar-refractivity contribution in [3.05, 3.63) is 35.9 Å². The molecule has 0 bridgehead atoms. The zero-order valence-corrected chi connectivity index (χ0v) is 14.9. The monoisotopic (exact) mass is 344 g/mol. The second kappa shape index (κ2) is 8.00. The van der Waals surface area contributed by atoms with E-state index in [4.69, 9.17) is 0 Å². The highest BCUT2D eigenvalue weighted by molar-refractivity contribution is 5.97. The van der Waals surface area contributed by atoms with Crippen molar-refractivity contribution >= 4 is 11.8 Å². The van der Waals surface area contributed by atoms with Gasteiger partial charge in [-0.3, -0.25) is 9.59 Å². The molecule has 2 aliphatic heterocycles. The van der Waals surface area contributed by atoms with Gasteiger partial charge in [-0.1, -0.05) is 18.2 Å². The maximum atomic E-state index is 13.0. The van der Waals surface area contributed by atoms with Crippen molar-refractivity contribution in [2.45, 2.75) is 51.2 Å². The minimum absolute atomic E-state index is 0.0440. The van der Waals surface area contributed by atoms with E-state index in [1.165, 1.54) is 0 Å². The molecule has 2 amide bonds. The van der Waals surface area contributed by atoms with Crippen LogP contribution in [0.25, 0.3) is 0 Å². The van der Waals surface area contributed by atoms with Crippen LogP contribution < -0.4 is 0 Å². The quantitative estimate of drug-likeness (QED) is 0.915. The van der Waals surface area contributed by atoms with Gasteiger partial charge < -0.3 is 14.9 Å². The smallest absolute Gasteiger partial charge is 0.254 e. The van der Waals surface area contributed by atoms with Crippen molar-refractivity contribution in [2.75, 3.05) is 19.6 Å². The molecule has 0 radical (unpaired) electrons. The third-order valence-electron chi connectivity index (χ3n) is 5.60. The Hall–Kier alpha value is -1.88. The molecule has 2 fully saturated rings. The number of rotatable bonds is 3. The Morgan fingerprint density at radius 2 is 1.72 bits per heavy atom. The summed E-state index contributed by atoms with van der Waals surface area (Å²) in [5.74, 6) is 0.308. The third kappa shape index (κ3) is 4.03. The third-order valence-corrected chi connectivity index (χ3v) is 5.60. The Labute approximate surface area is 149 Å². The molecule has 1 aromatic carbocycles. The number of aliphatic hydroxyl groups is 1. The lowest BCUT2D eigenvalue weighted by Crippen LogP contribution is -2.54. The SMILES string of the molecule is CC(O)C1CCN(C(=O)C2CCCCN2C(=O)c2ccccc2)CC1. The van der Waals surface area contributed by atoms with Crippen molar-refractivity contribution < 1.29 is 14.7 Å². The van der Waals surface area contributed by atoms with Crippen LogP contribution in [0.4, 0.5) is 0 Å². The number of carbonyl (C=O) groups is 2. The van der Waals surface area contributed by atoms with Crippen molar-refractivity contribution in [1.82, 2.24) is 9.80 Å². The summed E-state index contributed by atoms with van der Waals surface area (Å²) in [5, 5.41) is 9.74. The van der Waals surface area contributed by atoms with E-state index < -0.39 is 0 Å². The van der Waals surface area contributed by atoms with Crippen LogP contribution in [0.5, 0.6) is 0 Å². The van der Waals surface area contributed by atoms with Crippen LogP contribution >= 0.6 is 0 Å². The molecule has 0 saturated carbocycles. The lowest BCUT2D eigenvalue weighted by atomic mass is 9.91. The number of piperidine rings is 2. The molecule has 2 aliphatic rings. The standard InChI is InChI=1S/C20H28N2O3/c1-15(23)16-10-13-21(14-11-16)20(25)18-9-5-6-12-22(18)19(24)17-7-3-2-4-8-17/h2-4,7-8,15-16,18,23H,5-6,9-14H2,1H3. The molecule has 2 heterocycles. The molecule has 3 rings (SSSR count). The molecule has 136 valence electrons. The zero-order chi connectivity index (χ0) is 17.8. The first-order valence-electron chi connectivity index (χ1n) is 9.41. The van der Waals surface area contributed by atoms with Crippen LogP contribution in [0.3, 0.4) is 0 Å². The van der Waals surface area contributed by atoms with Crippen LogP contribution in [0.2, 0.25) is 0 Å². The van der Waals surface area contributed by atoms with E-state index in [-0.39, 0.29) is 29.9 Å². The summed E-state index contributed by atoms with van der Waals surface area (Å²) in [5.41, 5.74) is 0.648. The average Bonchev–Trinajstić information content (AvgIpc) is 2.67. The molecule has 0 spiro atoms. The summed E-state index contributed by atoms with van der Waals surface area (Å²) < 4.78 is 0. The predicted octanol–water partition coefficient (Wildman–Crippen LogP) is 2.30. The number of likely N-dealkylation sites (tertiary alicyclic amines) is 2. The van der Waals surface area contributed by atoms with E-state index in [0.29, 0.717) is 25.2 Å². The molecule has 2 atom stereocenters. The molecule has 1 N–H and O–H groups in total. The second-order valence-electron chi connectivity index (χ2n) is 7.28. The van der Waals surface area contributed by atoms with E-state index in [1.54, 1.807) is 4.90 Å². The Bertz CT molecular complexity index is 594. The average molecular weight is 344 g/mol. The van der Waals surface area contributed by atoms with Gasteiger partial charge in [-0.2, -0.15) is 0 Å². The summed E-state index contributed by atoms with van der Waals surface area (Å²) in [4.78, 5) is 29.6. The second-order valence-corrected chi connectivity index (χ2v) is 7.28. The van der Waals surface area contributed by atoms with Crippen LogP contribution in [0.1, 0.15) is 49.4 Å². The van der Waals surface area contributed by atoms with Crippen LogP contribution in [0, 0.1) is 5.92 Å². The molecule has 25 heavy (non-hydrogen) atoms. The molecule has 0 aliphatic carbocycles. The molecular formula is C20H28N2O3. The summed E-state index contributed by atoms with van der Waals surface area (Å²) in [6, 6.07) is 8.88. The van der Waals surface area contributed by atoms with Crippen molar-refractivity contribution in [3.8, 4) is 0 Å². The summed E-state index contributed by atoms with van der Waals surface area (Å²) in [7, 11) is 0. The highest BCUT2D eigenvalue weighted by atomic mass is 16.3. The van der Waals surface area contributed by atoms with Gasteiger partial charge in [0.15, 0.2) is 0 Å². The van der Waals surface area contributed by atoms with E-state index in [1.807, 2.05) is 42.2 Å². The molecule has 5 nitrogen and oxygen atoms in total. The Balaban J connectivity index is 1.68. The Kier molecular flexibility index (Phi) is 5.74. The number of carbonyl (C=O) groups excluding carboxylic acids is 2. The van der Waals surface area contributed by atoms with Gasteiger partial charge in [-0.15, -0.1) is 0 Å². The number of hydrogen-bond donors (Lipinski definition) is 1. The molecular weight excluding hydrogens is 316 g/mol. The van der Waals surface area contributed by atoms with Gasteiger partial charge in [0.05, 0.1) is 6.10 Å². The molecule has 5 heteroatoms. The van der Waals surface area contributed by atoms with Gasteiger partial charge in [0.2, 0.25) is 5.91 Å². The van der Waals surface area contributed by atoms with Gasteiger partial charge >= 0.3 is 0 Å². The fraction of sp³-hybridized carbons (Fsp3) is 0.600. The summed E-state index contributed by atoms with van der Waals surface area (Å²) in [6.07, 6.45) is 4.04. The van der Waals surface area contributed by atoms with E-state index in [0.717, 1.165) is 32.1 Å². The minimum atomic E-state index is -0.343. The number of benzene rings is 1. The summed E-state index contributed by atoms with van der Waals surface area (Å²) >= 11 is 0. The van der Waals surface area contributed by atoms with Gasteiger partial charge in [0.1, 0.15) is 6.04 Å². The maximum Gasteiger partial charge on any atom is 0.254 e. The van der Waals surface area contributed by atoms with Crippen molar-refractivity contribution in [1.29, 1.82) is 0 Å². The van der Waals surface area contributed by atoms with Crippen LogP contribution in [0.15, 0.2) is 30.3 Å². The minimum Gasteiger partial charge on any atom is -0.393 e. The molecule has 1 aromatic rings. The Morgan fingerprint density at radius 1 is 1.04 bits per heavy atom. The van der Waals surface area contributed by atoms with Gasteiger partial charge in [-0.05, 0) is 57.1 Å². The number of hydrogen-bond acceptors (Lipinski definition) is 3. The topological polar surface area (TPSA) is 60.9 Å². The fourth-order valence-electron chi connectivity index (χ4n) is 3.99. The first kappa shape index (κ1) is 17.9. The summed E-state index contributed by atoms with van der Waals surface area (Å²) in [6.45, 7) is 3.83. The number of aliphatic hydroxyl groups excluding tert-OH is 1. The first-order valence-corrected chi connectivity index (χ1v) is 9.41. The number of nitrogens with zero attached hydrogens (tertiary/aromatic N) is 2. The predicted molar refractivity (Wildman–Crippen MR) is 96.1 cm³/mol. The first-order chi connectivity index (χ1) is 12.1. The Morgan fingerprint density at radius 3 is 2.36 bits per heavy atom. The van der Waals surface area contributed by atoms with Crippen molar-refractivity contribution in [2.24, 2.45) is 5.92 Å². The van der Waals surface area contributed by atoms with Gasteiger partial charge in [-0.25, -0.2) is 0 Å².